The monoisotopic (exact) mass is 95.1 g/mol. The third-order valence-corrected chi connectivity index (χ3v) is 0.836. The zero-order chi connectivity index (χ0) is 5.11. The van der Waals surface area contributed by atoms with Gasteiger partial charge in [-0.05, 0) is 6.42 Å². The van der Waals surface area contributed by atoms with Gasteiger partial charge in [0.15, 0.2) is 0 Å². The summed E-state index contributed by atoms with van der Waals surface area (Å²) in [5.74, 6) is 0. The first-order valence-corrected chi connectivity index (χ1v) is 2.33. The summed E-state index contributed by atoms with van der Waals surface area (Å²) >= 11 is 0. The number of aromatic nitrogens is 2. The Morgan fingerprint density at radius 2 is 2.86 bits per heavy atom. The second kappa shape index (κ2) is 1.78. The van der Waals surface area contributed by atoms with Crippen molar-refractivity contribution in [2.75, 3.05) is 0 Å². The molecule has 1 rings (SSSR count). The Morgan fingerprint density at radius 1 is 2.00 bits per heavy atom. The SMILES string of the molecule is CCc1[c][nH]cn1. The maximum atomic E-state index is 3.92. The summed E-state index contributed by atoms with van der Waals surface area (Å²) < 4.78 is 0. The summed E-state index contributed by atoms with van der Waals surface area (Å²) in [4.78, 5) is 6.67. The normalized spacial score (nSPS) is 9.29. The van der Waals surface area contributed by atoms with Crippen LogP contribution in [0.5, 0.6) is 0 Å². The van der Waals surface area contributed by atoms with Crippen LogP contribution in [0.15, 0.2) is 6.33 Å². The van der Waals surface area contributed by atoms with Crippen LogP contribution in [0.4, 0.5) is 0 Å². The molecule has 0 unspecified atom stereocenters. The first-order chi connectivity index (χ1) is 3.43. The highest BCUT2D eigenvalue weighted by molar-refractivity contribution is 4.89. The van der Waals surface area contributed by atoms with E-state index in [9.17, 15) is 0 Å². The van der Waals surface area contributed by atoms with Gasteiger partial charge in [0.2, 0.25) is 0 Å². The third-order valence-electron chi connectivity index (χ3n) is 0.836. The number of H-pyrrole nitrogens is 1. The summed E-state index contributed by atoms with van der Waals surface area (Å²) in [7, 11) is 0. The Morgan fingerprint density at radius 3 is 3.14 bits per heavy atom. The first kappa shape index (κ1) is 4.37. The van der Waals surface area contributed by atoms with Crippen LogP contribution in [0, 0.1) is 6.20 Å². The van der Waals surface area contributed by atoms with Gasteiger partial charge in [-0.25, -0.2) is 4.98 Å². The summed E-state index contributed by atoms with van der Waals surface area (Å²) in [5.41, 5.74) is 1.00. The van der Waals surface area contributed by atoms with Gasteiger partial charge in [0, 0.05) is 0 Å². The topological polar surface area (TPSA) is 28.7 Å². The molecule has 1 aromatic heterocycles. The number of nitrogens with zero attached hydrogens (tertiary/aromatic N) is 1. The van der Waals surface area contributed by atoms with E-state index in [4.69, 9.17) is 0 Å². The molecule has 0 atom stereocenters. The molecule has 0 amide bonds. The highest BCUT2D eigenvalue weighted by atomic mass is 14.8. The molecule has 2 heteroatoms. The molecule has 2 nitrogen and oxygen atoms in total. The average molecular weight is 95.1 g/mol. The van der Waals surface area contributed by atoms with Crippen molar-refractivity contribution in [3.8, 4) is 0 Å². The van der Waals surface area contributed by atoms with Crippen molar-refractivity contribution in [3.05, 3.63) is 18.2 Å². The van der Waals surface area contributed by atoms with Crippen LogP contribution in [0.25, 0.3) is 0 Å². The highest BCUT2D eigenvalue weighted by Gasteiger charge is 1.84. The summed E-state index contributed by atoms with van der Waals surface area (Å²) in [6.45, 7) is 2.05. The Labute approximate surface area is 42.6 Å². The van der Waals surface area contributed by atoms with E-state index in [-0.39, 0.29) is 0 Å². The summed E-state index contributed by atoms with van der Waals surface area (Å²) in [6.07, 6.45) is 5.45. The van der Waals surface area contributed by atoms with Crippen molar-refractivity contribution in [3.63, 3.8) is 0 Å². The van der Waals surface area contributed by atoms with Gasteiger partial charge in [0.25, 0.3) is 0 Å². The number of aryl methyl sites for hydroxylation is 1. The molecule has 0 saturated carbocycles. The lowest BCUT2D eigenvalue weighted by Gasteiger charge is -1.76. The van der Waals surface area contributed by atoms with Gasteiger partial charge in [-0.15, -0.1) is 0 Å². The molecule has 37 valence electrons. The zero-order valence-electron chi connectivity index (χ0n) is 4.23. The fraction of sp³-hybridized carbons (Fsp3) is 0.400. The van der Waals surface area contributed by atoms with Crippen LogP contribution in [0.3, 0.4) is 0 Å². The van der Waals surface area contributed by atoms with Crippen LogP contribution < -0.4 is 0 Å². The van der Waals surface area contributed by atoms with Crippen molar-refractivity contribution >= 4 is 0 Å². The third kappa shape index (κ3) is 0.796. The molecule has 0 aliphatic carbocycles. The van der Waals surface area contributed by atoms with Crippen LogP contribution in [-0.4, -0.2) is 9.97 Å². The minimum atomic E-state index is 0.962. The lowest BCUT2D eigenvalue weighted by atomic mass is 10.4. The van der Waals surface area contributed by atoms with E-state index in [0.29, 0.717) is 0 Å². The van der Waals surface area contributed by atoms with Crippen molar-refractivity contribution < 1.29 is 0 Å². The van der Waals surface area contributed by atoms with Crippen molar-refractivity contribution in [2.24, 2.45) is 0 Å². The predicted octanol–water partition coefficient (Wildman–Crippen LogP) is 0.772. The maximum Gasteiger partial charge on any atom is 0.0928 e. The Hall–Kier alpha value is -0.790. The fourth-order valence-electron chi connectivity index (χ4n) is 0.438. The van der Waals surface area contributed by atoms with Crippen molar-refractivity contribution in [1.82, 2.24) is 9.97 Å². The van der Waals surface area contributed by atoms with Gasteiger partial charge >= 0.3 is 0 Å². The molecule has 1 aromatic rings. The van der Waals surface area contributed by atoms with Crippen LogP contribution >= 0.6 is 0 Å². The van der Waals surface area contributed by atoms with Gasteiger partial charge in [-0.2, -0.15) is 0 Å². The zero-order valence-corrected chi connectivity index (χ0v) is 4.23. The molecular formula is C5H7N2. The van der Waals surface area contributed by atoms with Crippen LogP contribution in [0.1, 0.15) is 12.6 Å². The quantitative estimate of drug-likeness (QED) is 0.548. The summed E-state index contributed by atoms with van der Waals surface area (Å²) in [6, 6.07) is 0. The van der Waals surface area contributed by atoms with Crippen molar-refractivity contribution in [1.29, 1.82) is 0 Å². The maximum absolute atomic E-state index is 3.92. The number of hydrogen-bond acceptors (Lipinski definition) is 1. The molecule has 0 bridgehead atoms. The Bertz CT molecular complexity index is 121. The van der Waals surface area contributed by atoms with E-state index in [1.54, 1.807) is 6.33 Å². The molecule has 7 heavy (non-hydrogen) atoms. The molecular weight excluding hydrogens is 88.1 g/mol. The molecule has 0 spiro atoms. The number of rotatable bonds is 1. The predicted molar refractivity (Wildman–Crippen MR) is 26.8 cm³/mol. The second-order valence-corrected chi connectivity index (χ2v) is 1.33. The van der Waals surface area contributed by atoms with Crippen molar-refractivity contribution in [2.45, 2.75) is 13.3 Å². The van der Waals surface area contributed by atoms with E-state index in [0.717, 1.165) is 12.1 Å². The lowest BCUT2D eigenvalue weighted by molar-refractivity contribution is 1.06. The fourth-order valence-corrected chi connectivity index (χ4v) is 0.438. The Balaban J connectivity index is 2.76. The smallest absolute Gasteiger partial charge is 0.0928 e. The lowest BCUT2D eigenvalue weighted by Crippen LogP contribution is -1.74. The molecule has 0 fully saturated rings. The van der Waals surface area contributed by atoms with E-state index < -0.39 is 0 Å². The van der Waals surface area contributed by atoms with E-state index in [1.165, 1.54) is 0 Å². The standard InChI is InChI=1S/C5H7N2/c1-2-5-3-6-4-7-5/h4H,2H2,1H3,(H,6,7). The van der Waals surface area contributed by atoms with E-state index >= 15 is 0 Å². The van der Waals surface area contributed by atoms with Gasteiger partial charge in [-0.3, -0.25) is 0 Å². The van der Waals surface area contributed by atoms with Crippen LogP contribution in [0.2, 0.25) is 0 Å². The van der Waals surface area contributed by atoms with E-state index in [1.807, 2.05) is 6.92 Å². The molecule has 1 radical (unpaired) electrons. The average Bonchev–Trinajstić information content (AvgIpc) is 2.14. The number of aromatic amines is 1. The Kier molecular flexibility index (Phi) is 1.11. The molecule has 0 saturated heterocycles. The number of nitrogens with one attached hydrogen (secondary N) is 1. The molecule has 0 aromatic carbocycles. The number of hydrogen-bond donors (Lipinski definition) is 1. The van der Waals surface area contributed by atoms with Gasteiger partial charge in [0.05, 0.1) is 18.2 Å². The molecule has 1 N–H and O–H groups in total. The highest BCUT2D eigenvalue weighted by Crippen LogP contribution is 1.87. The minimum Gasteiger partial charge on any atom is -0.343 e. The van der Waals surface area contributed by atoms with Gasteiger partial charge in [-0.1, -0.05) is 6.92 Å². The van der Waals surface area contributed by atoms with Gasteiger partial charge in [0.1, 0.15) is 0 Å². The largest absolute Gasteiger partial charge is 0.343 e. The summed E-state index contributed by atoms with van der Waals surface area (Å²) in [5, 5.41) is 0. The van der Waals surface area contributed by atoms with Gasteiger partial charge < -0.3 is 4.98 Å². The number of imidazole rings is 1. The first-order valence-electron chi connectivity index (χ1n) is 2.33. The minimum absolute atomic E-state index is 0.962. The van der Waals surface area contributed by atoms with Crippen LogP contribution in [-0.2, 0) is 6.42 Å². The molecule has 1 heterocycles. The second-order valence-electron chi connectivity index (χ2n) is 1.33. The van der Waals surface area contributed by atoms with E-state index in [2.05, 4.69) is 16.2 Å². The molecule has 0 aliphatic heterocycles. The molecule has 0 aliphatic rings.